The van der Waals surface area contributed by atoms with Crippen LogP contribution in [0.2, 0.25) is 10.4 Å². The van der Waals surface area contributed by atoms with Crippen LogP contribution >= 0.6 is 23.2 Å². The van der Waals surface area contributed by atoms with Gasteiger partial charge in [-0.3, -0.25) is 9.25 Å². The second-order valence-electron chi connectivity index (χ2n) is 5.96. The number of nitrogens with zero attached hydrogens (tertiary/aromatic N) is 5. The molecule has 7 nitrogen and oxygen atoms in total. The van der Waals surface area contributed by atoms with Gasteiger partial charge in [-0.1, -0.05) is 29.8 Å². The smallest absolute Gasteiger partial charge is 0.343 e. The van der Waals surface area contributed by atoms with Gasteiger partial charge in [0.25, 0.3) is 0 Å². The monoisotopic (exact) mass is 415 g/mol. The lowest BCUT2D eigenvalue weighted by Crippen LogP contribution is -2.12. The lowest BCUT2D eigenvalue weighted by molar-refractivity contribution is 0.0466. The van der Waals surface area contributed by atoms with Gasteiger partial charge < -0.3 is 9.30 Å². The third kappa shape index (κ3) is 3.30. The Bertz CT molecular complexity index is 1120. The first kappa shape index (κ1) is 18.3. The van der Waals surface area contributed by atoms with Crippen molar-refractivity contribution in [3.63, 3.8) is 0 Å². The average molecular weight is 416 g/mol. The lowest BCUT2D eigenvalue weighted by Gasteiger charge is -2.11. The number of carbonyl (C=O) groups excluding carboxylic acids is 1. The van der Waals surface area contributed by atoms with E-state index in [1.165, 1.54) is 6.20 Å². The first-order valence-electron chi connectivity index (χ1n) is 8.36. The molecular formula is C19H15Cl2N5O2. The molecule has 0 saturated carbocycles. The van der Waals surface area contributed by atoms with Gasteiger partial charge in [0.05, 0.1) is 6.20 Å². The zero-order valence-corrected chi connectivity index (χ0v) is 16.3. The number of carbonyl (C=O) groups is 1. The molecule has 0 aliphatic carbocycles. The number of aryl methyl sites for hydroxylation is 1. The number of hydrogen-bond acceptors (Lipinski definition) is 4. The van der Waals surface area contributed by atoms with Crippen LogP contribution in [-0.2, 0) is 18.4 Å². The van der Waals surface area contributed by atoms with Crippen molar-refractivity contribution in [3.8, 4) is 11.5 Å². The van der Waals surface area contributed by atoms with Crippen molar-refractivity contribution in [2.45, 2.75) is 6.61 Å². The van der Waals surface area contributed by atoms with E-state index in [1.54, 1.807) is 20.9 Å². The van der Waals surface area contributed by atoms with Gasteiger partial charge in [-0.2, -0.15) is 5.10 Å². The minimum absolute atomic E-state index is 0.0910. The largest absolute Gasteiger partial charge is 0.455 e. The molecule has 3 aromatic heterocycles. The van der Waals surface area contributed by atoms with Gasteiger partial charge in [0, 0.05) is 25.1 Å². The van der Waals surface area contributed by atoms with Crippen molar-refractivity contribution in [1.29, 1.82) is 0 Å². The lowest BCUT2D eigenvalue weighted by atomic mass is 10.3. The Hall–Kier alpha value is -3.03. The zero-order chi connectivity index (χ0) is 19.7. The van der Waals surface area contributed by atoms with Crippen LogP contribution in [0.3, 0.4) is 0 Å². The van der Waals surface area contributed by atoms with E-state index in [4.69, 9.17) is 27.9 Å². The van der Waals surface area contributed by atoms with E-state index >= 15 is 0 Å². The van der Waals surface area contributed by atoms with Crippen molar-refractivity contribution in [2.24, 2.45) is 7.05 Å². The van der Waals surface area contributed by atoms with Gasteiger partial charge in [0.2, 0.25) is 5.28 Å². The molecule has 0 unspecified atom stereocenters. The Morgan fingerprint density at radius 1 is 1.11 bits per heavy atom. The van der Waals surface area contributed by atoms with Gasteiger partial charge in [-0.05, 0) is 35.9 Å². The first-order chi connectivity index (χ1) is 13.6. The second-order valence-corrected chi connectivity index (χ2v) is 6.66. The third-order valence-corrected chi connectivity index (χ3v) is 4.77. The maximum absolute atomic E-state index is 12.7. The summed E-state index contributed by atoms with van der Waals surface area (Å²) < 4.78 is 10.6. The number of benzene rings is 1. The fraction of sp³-hybridized carbons (Fsp3) is 0.105. The van der Waals surface area contributed by atoms with Crippen LogP contribution < -0.4 is 0 Å². The fourth-order valence-electron chi connectivity index (χ4n) is 2.93. The predicted molar refractivity (Wildman–Crippen MR) is 105 cm³/mol. The highest BCUT2D eigenvalue weighted by molar-refractivity contribution is 6.33. The molecule has 0 saturated heterocycles. The van der Waals surface area contributed by atoms with E-state index in [2.05, 4.69) is 10.1 Å². The normalized spacial score (nSPS) is 11.0. The Balaban J connectivity index is 1.61. The van der Waals surface area contributed by atoms with Crippen LogP contribution in [0.4, 0.5) is 0 Å². The standard InChI is InChI=1S/C19H15Cl2N5O2/c1-24-17(25-9-5-6-10-25)14(11-22-24)18(27)28-12-15-16(20)23-19(21)26(15)13-7-3-2-4-8-13/h2-11H,12H2,1H3. The molecule has 0 atom stereocenters. The molecule has 4 aromatic rings. The molecule has 9 heteroatoms. The highest BCUT2D eigenvalue weighted by Crippen LogP contribution is 2.26. The predicted octanol–water partition coefficient (Wildman–Crippen LogP) is 4.06. The zero-order valence-electron chi connectivity index (χ0n) is 14.8. The maximum atomic E-state index is 12.7. The summed E-state index contributed by atoms with van der Waals surface area (Å²) >= 11 is 12.4. The summed E-state index contributed by atoms with van der Waals surface area (Å²) in [4.78, 5) is 16.8. The first-order valence-corrected chi connectivity index (χ1v) is 9.12. The highest BCUT2D eigenvalue weighted by Gasteiger charge is 2.22. The summed E-state index contributed by atoms with van der Waals surface area (Å²) in [5.41, 5.74) is 1.59. The molecule has 0 radical (unpaired) electrons. The topological polar surface area (TPSA) is 66.9 Å². The molecule has 0 bridgehead atoms. The van der Waals surface area contributed by atoms with E-state index in [9.17, 15) is 4.79 Å². The van der Waals surface area contributed by atoms with Gasteiger partial charge >= 0.3 is 5.97 Å². The molecule has 142 valence electrons. The molecule has 0 amide bonds. The Labute approximate surface area is 170 Å². The molecule has 3 heterocycles. The van der Waals surface area contributed by atoms with Gasteiger partial charge in [-0.15, -0.1) is 0 Å². The maximum Gasteiger partial charge on any atom is 0.343 e. The third-order valence-electron chi connectivity index (χ3n) is 4.21. The number of para-hydroxylation sites is 1. The number of ether oxygens (including phenoxy) is 1. The van der Waals surface area contributed by atoms with Crippen LogP contribution in [0.15, 0.2) is 61.1 Å². The van der Waals surface area contributed by atoms with E-state index in [-0.39, 0.29) is 17.0 Å². The fourth-order valence-corrected chi connectivity index (χ4v) is 3.48. The minimum atomic E-state index is -0.523. The minimum Gasteiger partial charge on any atom is -0.455 e. The molecule has 28 heavy (non-hydrogen) atoms. The number of imidazole rings is 1. The summed E-state index contributed by atoms with van der Waals surface area (Å²) in [7, 11) is 1.76. The summed E-state index contributed by atoms with van der Waals surface area (Å²) in [6, 6.07) is 13.1. The van der Waals surface area contributed by atoms with Gasteiger partial charge in [0.1, 0.15) is 23.7 Å². The van der Waals surface area contributed by atoms with Crippen LogP contribution in [0.25, 0.3) is 11.5 Å². The molecule has 0 N–H and O–H groups in total. The molecule has 4 rings (SSSR count). The molecule has 0 aliphatic rings. The quantitative estimate of drug-likeness (QED) is 0.461. The Morgan fingerprint density at radius 3 is 2.54 bits per heavy atom. The van der Waals surface area contributed by atoms with Crippen LogP contribution in [0, 0.1) is 0 Å². The van der Waals surface area contributed by atoms with Gasteiger partial charge in [0.15, 0.2) is 5.15 Å². The number of aromatic nitrogens is 5. The van der Waals surface area contributed by atoms with Crippen molar-refractivity contribution < 1.29 is 9.53 Å². The van der Waals surface area contributed by atoms with E-state index in [0.717, 1.165) is 5.69 Å². The number of halogens is 2. The van der Waals surface area contributed by atoms with Crippen molar-refractivity contribution >= 4 is 29.2 Å². The van der Waals surface area contributed by atoms with E-state index in [0.29, 0.717) is 17.1 Å². The Kier molecular flexibility index (Phi) is 4.93. The van der Waals surface area contributed by atoms with Crippen molar-refractivity contribution in [1.82, 2.24) is 23.9 Å². The number of esters is 1. The van der Waals surface area contributed by atoms with E-state index < -0.39 is 5.97 Å². The molecule has 1 aromatic carbocycles. The molecule has 0 aliphatic heterocycles. The van der Waals surface area contributed by atoms with Crippen LogP contribution in [0.5, 0.6) is 0 Å². The molecule has 0 spiro atoms. The van der Waals surface area contributed by atoms with E-state index in [1.807, 2.05) is 54.9 Å². The second kappa shape index (κ2) is 7.53. The Morgan fingerprint density at radius 2 is 1.82 bits per heavy atom. The molecular weight excluding hydrogens is 401 g/mol. The van der Waals surface area contributed by atoms with Gasteiger partial charge in [-0.25, -0.2) is 9.78 Å². The van der Waals surface area contributed by atoms with Crippen molar-refractivity contribution in [2.75, 3.05) is 0 Å². The summed E-state index contributed by atoms with van der Waals surface area (Å²) in [5.74, 6) is 0.0838. The average Bonchev–Trinajstić information content (AvgIpc) is 3.39. The summed E-state index contributed by atoms with van der Waals surface area (Å²) in [5, 5.41) is 4.54. The highest BCUT2D eigenvalue weighted by atomic mass is 35.5. The van der Waals surface area contributed by atoms with Crippen LogP contribution in [0.1, 0.15) is 16.1 Å². The SMILES string of the molecule is Cn1ncc(C(=O)OCc2c(Cl)nc(Cl)n2-c2ccccc2)c1-n1cccc1. The number of hydrogen-bond donors (Lipinski definition) is 0. The molecule has 0 fully saturated rings. The van der Waals surface area contributed by atoms with Crippen molar-refractivity contribution in [3.05, 3.63) is 82.7 Å². The number of rotatable bonds is 5. The summed E-state index contributed by atoms with van der Waals surface area (Å²) in [6.45, 7) is -0.0910. The summed E-state index contributed by atoms with van der Waals surface area (Å²) in [6.07, 6.45) is 5.13. The van der Waals surface area contributed by atoms with Crippen LogP contribution in [-0.4, -0.2) is 29.9 Å².